The molecule has 0 aromatic heterocycles. The van der Waals surface area contributed by atoms with Crippen LogP contribution in [0.25, 0.3) is 0 Å². The molecule has 0 saturated carbocycles. The second-order valence-corrected chi connectivity index (χ2v) is 8.14. The lowest BCUT2D eigenvalue weighted by Gasteiger charge is -2.30. The molecule has 0 bridgehead atoms. The minimum absolute atomic E-state index is 0.0858. The largest absolute Gasteiger partial charge is 0.229 e. The van der Waals surface area contributed by atoms with E-state index in [1.54, 1.807) is 0 Å². The second kappa shape index (κ2) is 6.60. The highest BCUT2D eigenvalue weighted by Crippen LogP contribution is 2.32. The van der Waals surface area contributed by atoms with Crippen LogP contribution >= 0.6 is 39.1 Å². The molecular formula is C12H15BrCl2O2S. The molecule has 0 heterocycles. The molecule has 1 rings (SSSR count). The number of hydrogen-bond donors (Lipinski definition) is 0. The summed E-state index contributed by atoms with van der Waals surface area (Å²) in [5.74, 6) is 0.684. The van der Waals surface area contributed by atoms with Gasteiger partial charge in [-0.15, -0.1) is 23.2 Å². The van der Waals surface area contributed by atoms with Crippen molar-refractivity contribution < 1.29 is 8.42 Å². The van der Waals surface area contributed by atoms with E-state index in [4.69, 9.17) is 23.2 Å². The van der Waals surface area contributed by atoms with Crippen molar-refractivity contribution in [2.45, 2.75) is 11.8 Å². The van der Waals surface area contributed by atoms with E-state index in [2.05, 4.69) is 15.9 Å². The molecule has 0 radical (unpaired) electrons. The highest BCUT2D eigenvalue weighted by Gasteiger charge is 2.31. The van der Waals surface area contributed by atoms with E-state index in [1.807, 2.05) is 24.3 Å². The van der Waals surface area contributed by atoms with Crippen molar-refractivity contribution in [3.05, 3.63) is 34.3 Å². The first kappa shape index (κ1) is 16.3. The SMILES string of the molecule is CS(=O)(=O)CCC(CCl)(CCl)c1ccc(Br)cc1. The molecule has 0 atom stereocenters. The Balaban J connectivity index is 3.02. The van der Waals surface area contributed by atoms with Crippen LogP contribution in [0.3, 0.4) is 0 Å². The van der Waals surface area contributed by atoms with Crippen LogP contribution in [0.4, 0.5) is 0 Å². The lowest BCUT2D eigenvalue weighted by atomic mass is 9.82. The van der Waals surface area contributed by atoms with Crippen LogP contribution in [0.2, 0.25) is 0 Å². The summed E-state index contributed by atoms with van der Waals surface area (Å²) < 4.78 is 23.6. The zero-order chi connectivity index (χ0) is 13.8. The summed E-state index contributed by atoms with van der Waals surface area (Å²) in [5, 5.41) is 0. The molecule has 0 N–H and O–H groups in total. The van der Waals surface area contributed by atoms with Crippen LogP contribution < -0.4 is 0 Å². The molecule has 102 valence electrons. The summed E-state index contributed by atoms with van der Waals surface area (Å²) in [6, 6.07) is 7.67. The first-order valence-corrected chi connectivity index (χ1v) is 9.31. The molecule has 1 aromatic rings. The third kappa shape index (κ3) is 4.41. The number of rotatable bonds is 6. The van der Waals surface area contributed by atoms with Crippen molar-refractivity contribution in [3.8, 4) is 0 Å². The van der Waals surface area contributed by atoms with Crippen molar-refractivity contribution >= 4 is 49.0 Å². The highest BCUT2D eigenvalue weighted by molar-refractivity contribution is 9.10. The Kier molecular flexibility index (Phi) is 5.97. The summed E-state index contributed by atoms with van der Waals surface area (Å²) in [6.45, 7) is 0. The van der Waals surface area contributed by atoms with Gasteiger partial charge < -0.3 is 0 Å². The zero-order valence-electron chi connectivity index (χ0n) is 10.00. The zero-order valence-corrected chi connectivity index (χ0v) is 13.9. The molecule has 0 spiro atoms. The molecule has 6 heteroatoms. The molecule has 0 aliphatic rings. The fraction of sp³-hybridized carbons (Fsp3) is 0.500. The Hall–Kier alpha value is 0.230. The van der Waals surface area contributed by atoms with E-state index in [0.717, 1.165) is 10.0 Å². The Bertz CT molecular complexity index is 481. The molecule has 1 aromatic carbocycles. The normalized spacial score (nSPS) is 12.7. The van der Waals surface area contributed by atoms with Gasteiger partial charge in [0.05, 0.1) is 5.75 Å². The molecular weight excluding hydrogens is 359 g/mol. The Labute approximate surface area is 127 Å². The maximum absolute atomic E-state index is 11.3. The third-order valence-electron chi connectivity index (χ3n) is 2.92. The van der Waals surface area contributed by atoms with Crippen LogP contribution in [0, 0.1) is 0 Å². The third-order valence-corrected chi connectivity index (χ3v) is 5.42. The molecule has 0 aliphatic heterocycles. The van der Waals surface area contributed by atoms with Gasteiger partial charge in [-0.2, -0.15) is 0 Å². The van der Waals surface area contributed by atoms with Crippen LogP contribution in [0.15, 0.2) is 28.7 Å². The van der Waals surface area contributed by atoms with Crippen LogP contribution in [0.1, 0.15) is 12.0 Å². The molecule has 0 fully saturated rings. The second-order valence-electron chi connectivity index (χ2n) is 4.43. The Morgan fingerprint density at radius 1 is 1.17 bits per heavy atom. The van der Waals surface area contributed by atoms with Crippen molar-refractivity contribution in [1.82, 2.24) is 0 Å². The first-order chi connectivity index (χ1) is 8.33. The lowest BCUT2D eigenvalue weighted by Crippen LogP contribution is -2.33. The minimum atomic E-state index is -3.02. The van der Waals surface area contributed by atoms with Gasteiger partial charge in [0.15, 0.2) is 0 Å². The quantitative estimate of drug-likeness (QED) is 0.714. The van der Waals surface area contributed by atoms with Crippen LogP contribution in [-0.2, 0) is 15.3 Å². The van der Waals surface area contributed by atoms with Crippen molar-refractivity contribution in [2.75, 3.05) is 23.8 Å². The van der Waals surface area contributed by atoms with Crippen molar-refractivity contribution in [1.29, 1.82) is 0 Å². The molecule has 0 amide bonds. The summed E-state index contributed by atoms with van der Waals surface area (Å²) in [7, 11) is -3.02. The van der Waals surface area contributed by atoms with Gasteiger partial charge in [-0.1, -0.05) is 28.1 Å². The number of alkyl halides is 2. The summed E-state index contributed by atoms with van der Waals surface area (Å²) in [4.78, 5) is 0. The maximum Gasteiger partial charge on any atom is 0.147 e. The summed E-state index contributed by atoms with van der Waals surface area (Å²) in [6.07, 6.45) is 1.66. The van der Waals surface area contributed by atoms with Crippen molar-refractivity contribution in [2.24, 2.45) is 0 Å². The first-order valence-electron chi connectivity index (χ1n) is 5.39. The Morgan fingerprint density at radius 3 is 2.06 bits per heavy atom. The average Bonchev–Trinajstić information content (AvgIpc) is 2.32. The average molecular weight is 374 g/mol. The van der Waals surface area contributed by atoms with Gasteiger partial charge in [-0.3, -0.25) is 0 Å². The predicted molar refractivity (Wildman–Crippen MR) is 81.6 cm³/mol. The smallest absolute Gasteiger partial charge is 0.147 e. The van der Waals surface area contributed by atoms with E-state index in [0.29, 0.717) is 18.2 Å². The fourth-order valence-electron chi connectivity index (χ4n) is 1.65. The van der Waals surface area contributed by atoms with Gasteiger partial charge in [0, 0.05) is 27.9 Å². The van der Waals surface area contributed by atoms with E-state index in [1.165, 1.54) is 6.26 Å². The molecule has 2 nitrogen and oxygen atoms in total. The number of sulfone groups is 1. The van der Waals surface area contributed by atoms with Gasteiger partial charge in [0.2, 0.25) is 0 Å². The van der Waals surface area contributed by atoms with E-state index >= 15 is 0 Å². The number of hydrogen-bond acceptors (Lipinski definition) is 2. The van der Waals surface area contributed by atoms with Gasteiger partial charge >= 0.3 is 0 Å². The van der Waals surface area contributed by atoms with Crippen LogP contribution in [0.5, 0.6) is 0 Å². The van der Waals surface area contributed by atoms with E-state index in [-0.39, 0.29) is 5.75 Å². The molecule has 0 saturated heterocycles. The number of benzene rings is 1. The van der Waals surface area contributed by atoms with Gasteiger partial charge in [0.1, 0.15) is 9.84 Å². The Morgan fingerprint density at radius 2 is 1.67 bits per heavy atom. The summed E-state index contributed by atoms with van der Waals surface area (Å²) in [5.41, 5.74) is 0.478. The standard InChI is InChI=1S/C12H15BrCl2O2S/c1-18(16,17)7-6-12(8-14,9-15)10-2-4-11(13)5-3-10/h2-5H,6-9H2,1H3. The lowest BCUT2D eigenvalue weighted by molar-refractivity contribution is 0.512. The maximum atomic E-state index is 11.3. The summed E-state index contributed by atoms with van der Waals surface area (Å²) >= 11 is 15.4. The van der Waals surface area contributed by atoms with Gasteiger partial charge in [-0.25, -0.2) is 8.42 Å². The molecule has 0 unspecified atom stereocenters. The van der Waals surface area contributed by atoms with E-state index < -0.39 is 15.3 Å². The highest BCUT2D eigenvalue weighted by atomic mass is 79.9. The number of halogens is 3. The van der Waals surface area contributed by atoms with Crippen molar-refractivity contribution in [3.63, 3.8) is 0 Å². The topological polar surface area (TPSA) is 34.1 Å². The monoisotopic (exact) mass is 372 g/mol. The predicted octanol–water partition coefficient (Wildman–Crippen LogP) is 3.60. The van der Waals surface area contributed by atoms with Crippen LogP contribution in [-0.4, -0.2) is 32.2 Å². The molecule has 0 aliphatic carbocycles. The van der Waals surface area contributed by atoms with Gasteiger partial charge in [-0.05, 0) is 24.1 Å². The minimum Gasteiger partial charge on any atom is -0.229 e. The molecule has 18 heavy (non-hydrogen) atoms. The van der Waals surface area contributed by atoms with Gasteiger partial charge in [0.25, 0.3) is 0 Å². The fourth-order valence-corrected chi connectivity index (χ4v) is 3.54. The van der Waals surface area contributed by atoms with E-state index in [9.17, 15) is 8.42 Å².